The Morgan fingerprint density at radius 1 is 1.47 bits per heavy atom. The monoisotopic (exact) mass is 220 g/mol. The lowest BCUT2D eigenvalue weighted by atomic mass is 10.1. The smallest absolute Gasteiger partial charge is 0.338 e. The number of hydrogen-bond donors (Lipinski definition) is 1. The minimum Gasteiger partial charge on any atom is -0.459 e. The van der Waals surface area contributed by atoms with Gasteiger partial charge in [-0.25, -0.2) is 4.79 Å². The van der Waals surface area contributed by atoms with Crippen molar-refractivity contribution in [2.45, 2.75) is 20.0 Å². The van der Waals surface area contributed by atoms with Gasteiger partial charge in [-0.1, -0.05) is 24.6 Å². The maximum Gasteiger partial charge on any atom is 0.338 e. The Morgan fingerprint density at radius 2 is 2.20 bits per heavy atom. The molecule has 0 N–H and O–H groups in total. The summed E-state index contributed by atoms with van der Waals surface area (Å²) in [6, 6.07) is 6.97. The lowest BCUT2D eigenvalue weighted by Crippen LogP contribution is -2.11. The summed E-state index contributed by atoms with van der Waals surface area (Å²) in [6.45, 7) is 3.63. The molecule has 0 spiro atoms. The molecular weight excluding hydrogens is 208 g/mol. The number of benzene rings is 1. The first-order valence-electron chi connectivity index (χ1n) is 4.59. The first-order chi connectivity index (χ1) is 7.13. The van der Waals surface area contributed by atoms with Gasteiger partial charge in [-0.3, -0.25) is 0 Å². The zero-order valence-corrected chi connectivity index (χ0v) is 9.54. The van der Waals surface area contributed by atoms with Crippen LogP contribution in [0.4, 0.5) is 0 Å². The molecule has 2 nitrogen and oxygen atoms in total. The van der Waals surface area contributed by atoms with E-state index in [1.54, 1.807) is 18.2 Å². The summed E-state index contributed by atoms with van der Waals surface area (Å²) in [6.07, 6.45) is -0.114. The maximum atomic E-state index is 11.5. The highest BCUT2D eigenvalue weighted by molar-refractivity contribution is 7.85. The predicted octanol–water partition coefficient (Wildman–Crippen LogP) is 2.49. The highest BCUT2D eigenvalue weighted by Gasteiger charge is 2.08. The van der Waals surface area contributed by atoms with Crippen LogP contribution in [0.5, 0.6) is 0 Å². The van der Waals surface area contributed by atoms with Gasteiger partial charge in [-0.05, 0) is 37.3 Å². The van der Waals surface area contributed by atoms with E-state index < -0.39 is 0 Å². The molecule has 1 aromatic rings. The van der Waals surface area contributed by atoms with E-state index in [2.05, 4.69) is 23.8 Å². The third-order valence-corrected chi connectivity index (χ3v) is 1.75. The van der Waals surface area contributed by atoms with E-state index in [1.165, 1.54) is 0 Å². The molecule has 0 fully saturated rings. The van der Waals surface area contributed by atoms with Crippen molar-refractivity contribution in [2.75, 3.05) is 0 Å². The van der Waals surface area contributed by atoms with E-state index in [9.17, 15) is 4.79 Å². The predicted molar refractivity (Wildman–Crippen MR) is 62.9 cm³/mol. The van der Waals surface area contributed by atoms with Gasteiger partial charge in [-0.15, -0.1) is 0 Å². The lowest BCUT2D eigenvalue weighted by Gasteiger charge is -2.07. The molecular formula is C12H12O2S. The summed E-state index contributed by atoms with van der Waals surface area (Å²) in [5.74, 6) is 2.44. The molecule has 15 heavy (non-hydrogen) atoms. The molecule has 0 aliphatic heterocycles. The van der Waals surface area contributed by atoms with E-state index in [-0.39, 0.29) is 12.1 Å². The normalized spacial score (nSPS) is 9.33. The van der Waals surface area contributed by atoms with E-state index in [1.807, 2.05) is 19.9 Å². The Kier molecular flexibility index (Phi) is 4.26. The average Bonchev–Trinajstić information content (AvgIpc) is 2.17. The Bertz CT molecular complexity index is 413. The van der Waals surface area contributed by atoms with Crippen LogP contribution in [0.1, 0.15) is 29.8 Å². The molecule has 78 valence electrons. The van der Waals surface area contributed by atoms with Crippen molar-refractivity contribution in [3.63, 3.8) is 0 Å². The van der Waals surface area contributed by atoms with Crippen LogP contribution in [-0.2, 0) is 4.74 Å². The first kappa shape index (κ1) is 11.7. The molecule has 0 aliphatic carbocycles. The Balaban J connectivity index is 2.88. The molecule has 0 aromatic heterocycles. The van der Waals surface area contributed by atoms with E-state index in [0.29, 0.717) is 5.56 Å². The second-order valence-corrected chi connectivity index (χ2v) is 3.50. The highest BCUT2D eigenvalue weighted by atomic mass is 32.1. The lowest BCUT2D eigenvalue weighted by molar-refractivity contribution is 0.0378. The van der Waals surface area contributed by atoms with Gasteiger partial charge in [0, 0.05) is 5.56 Å². The topological polar surface area (TPSA) is 26.3 Å². The molecule has 0 amide bonds. The highest BCUT2D eigenvalue weighted by Crippen LogP contribution is 2.07. The number of thiol groups is 1. The Hall–Kier alpha value is -1.40. The zero-order valence-electron chi connectivity index (χ0n) is 8.65. The number of rotatable bonds is 2. The molecule has 0 saturated heterocycles. The number of hydrogen-bond acceptors (Lipinski definition) is 3. The third kappa shape index (κ3) is 3.69. The van der Waals surface area contributed by atoms with Crippen molar-refractivity contribution in [1.82, 2.24) is 0 Å². The molecule has 0 unspecified atom stereocenters. The molecule has 0 radical (unpaired) electrons. The fraction of sp³-hybridized carbons (Fsp3) is 0.250. The number of carbonyl (C=O) groups excluding carboxylic acids is 1. The van der Waals surface area contributed by atoms with Gasteiger partial charge in [0.15, 0.2) is 0 Å². The second-order valence-electron chi connectivity index (χ2n) is 3.27. The van der Waals surface area contributed by atoms with Crippen LogP contribution in [0.2, 0.25) is 0 Å². The van der Waals surface area contributed by atoms with Gasteiger partial charge in [0.2, 0.25) is 0 Å². The maximum absolute atomic E-state index is 11.5. The van der Waals surface area contributed by atoms with Gasteiger partial charge in [-0.2, -0.15) is 0 Å². The van der Waals surface area contributed by atoms with E-state index >= 15 is 0 Å². The van der Waals surface area contributed by atoms with Crippen LogP contribution >= 0.6 is 12.6 Å². The van der Waals surface area contributed by atoms with Gasteiger partial charge in [0.1, 0.15) is 0 Å². The van der Waals surface area contributed by atoms with E-state index in [0.717, 1.165) is 5.56 Å². The van der Waals surface area contributed by atoms with Crippen LogP contribution in [0, 0.1) is 11.2 Å². The standard InChI is InChI=1S/C12H12O2S/c1-9(2)14-12(13)11-5-3-4-10(8-11)6-7-15/h3-5,8-9,15H,1-2H3. The van der Waals surface area contributed by atoms with Crippen molar-refractivity contribution < 1.29 is 9.53 Å². The average molecular weight is 220 g/mol. The Labute approximate surface area is 95.1 Å². The zero-order chi connectivity index (χ0) is 11.3. The van der Waals surface area contributed by atoms with Crippen LogP contribution in [-0.4, -0.2) is 12.1 Å². The van der Waals surface area contributed by atoms with Crippen LogP contribution in [0.3, 0.4) is 0 Å². The minimum absolute atomic E-state index is 0.114. The molecule has 3 heteroatoms. The fourth-order valence-corrected chi connectivity index (χ4v) is 1.20. The molecule has 0 saturated carbocycles. The van der Waals surface area contributed by atoms with Crippen molar-refractivity contribution >= 4 is 18.6 Å². The summed E-state index contributed by atoms with van der Waals surface area (Å²) >= 11 is 3.80. The largest absolute Gasteiger partial charge is 0.459 e. The first-order valence-corrected chi connectivity index (χ1v) is 5.04. The summed E-state index contributed by atoms with van der Waals surface area (Å²) in [5, 5.41) is 2.48. The van der Waals surface area contributed by atoms with Crippen molar-refractivity contribution in [1.29, 1.82) is 0 Å². The molecule has 0 atom stereocenters. The third-order valence-electron chi connectivity index (χ3n) is 1.64. The molecule has 0 bridgehead atoms. The Morgan fingerprint density at radius 3 is 2.80 bits per heavy atom. The molecule has 0 aliphatic rings. The van der Waals surface area contributed by atoms with Gasteiger partial charge in [0.05, 0.1) is 11.7 Å². The number of carbonyl (C=O) groups is 1. The fourth-order valence-electron chi connectivity index (χ4n) is 1.07. The summed E-state index contributed by atoms with van der Waals surface area (Å²) < 4.78 is 5.06. The van der Waals surface area contributed by atoms with Crippen LogP contribution in [0.25, 0.3) is 0 Å². The SMILES string of the molecule is CC(C)OC(=O)c1cccc(C#CS)c1. The number of ether oxygens (including phenoxy) is 1. The van der Waals surface area contributed by atoms with Crippen molar-refractivity contribution in [3.8, 4) is 11.2 Å². The van der Waals surface area contributed by atoms with Crippen LogP contribution in [0.15, 0.2) is 24.3 Å². The van der Waals surface area contributed by atoms with E-state index in [4.69, 9.17) is 4.74 Å². The quantitative estimate of drug-likeness (QED) is 0.471. The number of esters is 1. The van der Waals surface area contributed by atoms with Gasteiger partial charge < -0.3 is 4.74 Å². The summed E-state index contributed by atoms with van der Waals surface area (Å²) in [4.78, 5) is 11.5. The van der Waals surface area contributed by atoms with Gasteiger partial charge in [0.25, 0.3) is 0 Å². The van der Waals surface area contributed by atoms with Crippen molar-refractivity contribution in [2.24, 2.45) is 0 Å². The van der Waals surface area contributed by atoms with Crippen LogP contribution < -0.4 is 0 Å². The van der Waals surface area contributed by atoms with Gasteiger partial charge >= 0.3 is 5.97 Å². The van der Waals surface area contributed by atoms with Crippen molar-refractivity contribution in [3.05, 3.63) is 35.4 Å². The summed E-state index contributed by atoms with van der Waals surface area (Å²) in [5.41, 5.74) is 1.26. The minimum atomic E-state index is -0.326. The molecule has 1 aromatic carbocycles. The summed E-state index contributed by atoms with van der Waals surface area (Å²) in [7, 11) is 0. The molecule has 1 rings (SSSR count). The molecule has 0 heterocycles. The second kappa shape index (κ2) is 5.47.